The number of hydrogen-bond donors (Lipinski definition) is 2. The Morgan fingerprint density at radius 3 is 2.72 bits per heavy atom. The van der Waals surface area contributed by atoms with E-state index in [2.05, 4.69) is 15.6 Å². The molecule has 0 radical (unpaired) electrons. The summed E-state index contributed by atoms with van der Waals surface area (Å²) in [4.78, 5) is 27.9. The molecule has 0 unspecified atom stereocenters. The van der Waals surface area contributed by atoms with Gasteiger partial charge in [-0.15, -0.1) is 0 Å². The molecule has 0 saturated heterocycles. The average Bonchev–Trinajstić information content (AvgIpc) is 2.65. The maximum absolute atomic E-state index is 12.1. The van der Waals surface area contributed by atoms with Crippen LogP contribution in [0.3, 0.4) is 0 Å². The number of carbonyl (C=O) groups is 2. The number of anilines is 1. The van der Waals surface area contributed by atoms with Crippen LogP contribution in [0.5, 0.6) is 11.5 Å². The summed E-state index contributed by atoms with van der Waals surface area (Å²) >= 11 is 0. The number of para-hydroxylation sites is 2. The first-order valence-electron chi connectivity index (χ1n) is 8.09. The predicted molar refractivity (Wildman–Crippen MR) is 91.5 cm³/mol. The zero-order chi connectivity index (χ0) is 17.5. The Balaban J connectivity index is 1.36. The van der Waals surface area contributed by atoms with E-state index in [1.54, 1.807) is 36.5 Å². The van der Waals surface area contributed by atoms with E-state index in [4.69, 9.17) is 9.47 Å². The predicted octanol–water partition coefficient (Wildman–Crippen LogP) is 1.76. The van der Waals surface area contributed by atoms with Gasteiger partial charge in [0, 0.05) is 19.2 Å². The lowest BCUT2D eigenvalue weighted by molar-refractivity contribution is -0.130. The van der Waals surface area contributed by atoms with E-state index in [0.717, 1.165) is 0 Å². The van der Waals surface area contributed by atoms with Crippen molar-refractivity contribution < 1.29 is 19.1 Å². The molecule has 1 aliphatic rings. The van der Waals surface area contributed by atoms with Gasteiger partial charge in [0.2, 0.25) is 12.0 Å². The highest BCUT2D eigenvalue weighted by atomic mass is 16.6. The molecule has 0 fully saturated rings. The van der Waals surface area contributed by atoms with Crippen LogP contribution in [0.4, 0.5) is 5.82 Å². The van der Waals surface area contributed by atoms with Gasteiger partial charge >= 0.3 is 0 Å². The standard InChI is InChI=1S/C18H19N3O4/c22-17(21-16-8-3-4-10-19-16)9-5-11-20-18(23)15-12-24-13-6-1-2-7-14(13)25-15/h1-4,6-8,10,15H,5,9,11-12H2,(H,20,23)(H,19,21,22)/t15-/m1/s1. The number of rotatable bonds is 6. The molecule has 1 aromatic heterocycles. The molecule has 7 nitrogen and oxygen atoms in total. The minimum atomic E-state index is -0.683. The van der Waals surface area contributed by atoms with E-state index in [1.807, 2.05) is 12.1 Å². The van der Waals surface area contributed by atoms with Crippen LogP contribution in [-0.2, 0) is 9.59 Å². The van der Waals surface area contributed by atoms with Crippen molar-refractivity contribution in [2.45, 2.75) is 18.9 Å². The Morgan fingerprint density at radius 2 is 1.92 bits per heavy atom. The van der Waals surface area contributed by atoms with Gasteiger partial charge in [0.25, 0.3) is 5.91 Å². The monoisotopic (exact) mass is 341 g/mol. The smallest absolute Gasteiger partial charge is 0.264 e. The van der Waals surface area contributed by atoms with Gasteiger partial charge in [-0.2, -0.15) is 0 Å². The molecular weight excluding hydrogens is 322 g/mol. The van der Waals surface area contributed by atoms with Crippen LogP contribution in [0.15, 0.2) is 48.7 Å². The molecule has 25 heavy (non-hydrogen) atoms. The lowest BCUT2D eigenvalue weighted by Gasteiger charge is -2.25. The second kappa shape index (κ2) is 8.14. The maximum Gasteiger partial charge on any atom is 0.264 e. The summed E-state index contributed by atoms with van der Waals surface area (Å²) in [7, 11) is 0. The number of benzene rings is 1. The molecular formula is C18H19N3O4. The van der Waals surface area contributed by atoms with Gasteiger partial charge in [-0.25, -0.2) is 4.98 Å². The normalized spacial score (nSPS) is 15.3. The van der Waals surface area contributed by atoms with Crippen molar-refractivity contribution in [1.29, 1.82) is 0 Å². The van der Waals surface area contributed by atoms with Crippen LogP contribution in [0.1, 0.15) is 12.8 Å². The van der Waals surface area contributed by atoms with Crippen molar-refractivity contribution in [2.75, 3.05) is 18.5 Å². The third-order valence-electron chi connectivity index (χ3n) is 3.61. The summed E-state index contributed by atoms with van der Waals surface area (Å²) in [5.74, 6) is 1.32. The van der Waals surface area contributed by atoms with Crippen molar-refractivity contribution in [3.05, 3.63) is 48.7 Å². The zero-order valence-electron chi connectivity index (χ0n) is 13.6. The number of carbonyl (C=O) groups excluding carboxylic acids is 2. The molecule has 0 aliphatic carbocycles. The summed E-state index contributed by atoms with van der Waals surface area (Å²) in [5, 5.41) is 5.46. The van der Waals surface area contributed by atoms with Crippen LogP contribution < -0.4 is 20.1 Å². The van der Waals surface area contributed by atoms with E-state index in [1.165, 1.54) is 0 Å². The molecule has 0 spiro atoms. The van der Waals surface area contributed by atoms with E-state index in [0.29, 0.717) is 36.7 Å². The Hall–Kier alpha value is -3.09. The molecule has 130 valence electrons. The fourth-order valence-electron chi connectivity index (χ4n) is 2.37. The second-order valence-corrected chi connectivity index (χ2v) is 5.52. The van der Waals surface area contributed by atoms with Crippen molar-refractivity contribution >= 4 is 17.6 Å². The third kappa shape index (κ3) is 4.69. The molecule has 2 heterocycles. The molecule has 2 amide bonds. The van der Waals surface area contributed by atoms with Crippen LogP contribution in [-0.4, -0.2) is 36.1 Å². The van der Waals surface area contributed by atoms with Crippen LogP contribution in [0.25, 0.3) is 0 Å². The fraction of sp³-hybridized carbons (Fsp3) is 0.278. The molecule has 2 aromatic rings. The summed E-state index contributed by atoms with van der Waals surface area (Å²) < 4.78 is 11.1. The molecule has 1 aromatic carbocycles. The summed E-state index contributed by atoms with van der Waals surface area (Å²) in [6, 6.07) is 12.5. The Kier molecular flexibility index (Phi) is 5.46. The van der Waals surface area contributed by atoms with Gasteiger partial charge < -0.3 is 20.1 Å². The highest BCUT2D eigenvalue weighted by molar-refractivity contribution is 5.89. The number of pyridine rings is 1. The van der Waals surface area contributed by atoms with Gasteiger partial charge in [0.1, 0.15) is 12.4 Å². The fourth-order valence-corrected chi connectivity index (χ4v) is 2.37. The number of nitrogens with zero attached hydrogens (tertiary/aromatic N) is 1. The maximum atomic E-state index is 12.1. The molecule has 0 bridgehead atoms. The Labute approximate surface area is 145 Å². The van der Waals surface area contributed by atoms with Gasteiger partial charge in [-0.3, -0.25) is 9.59 Å². The minimum absolute atomic E-state index is 0.140. The number of nitrogens with one attached hydrogen (secondary N) is 2. The van der Waals surface area contributed by atoms with Crippen molar-refractivity contribution in [3.63, 3.8) is 0 Å². The molecule has 1 atom stereocenters. The summed E-state index contributed by atoms with van der Waals surface area (Å²) in [6.45, 7) is 0.555. The Bertz CT molecular complexity index is 736. The van der Waals surface area contributed by atoms with Crippen molar-refractivity contribution in [2.24, 2.45) is 0 Å². The largest absolute Gasteiger partial charge is 0.485 e. The molecule has 0 saturated carbocycles. The second-order valence-electron chi connectivity index (χ2n) is 5.52. The van der Waals surface area contributed by atoms with E-state index in [9.17, 15) is 9.59 Å². The Morgan fingerprint density at radius 1 is 1.12 bits per heavy atom. The van der Waals surface area contributed by atoms with Gasteiger partial charge in [-0.05, 0) is 30.7 Å². The number of fused-ring (bicyclic) bond motifs is 1. The average molecular weight is 341 g/mol. The topological polar surface area (TPSA) is 89.6 Å². The first kappa shape index (κ1) is 16.8. The van der Waals surface area contributed by atoms with Crippen LogP contribution in [0, 0.1) is 0 Å². The molecule has 3 rings (SSSR count). The molecule has 7 heteroatoms. The first-order chi connectivity index (χ1) is 12.2. The highest BCUT2D eigenvalue weighted by Crippen LogP contribution is 2.30. The lowest BCUT2D eigenvalue weighted by atomic mass is 10.2. The van der Waals surface area contributed by atoms with Crippen LogP contribution >= 0.6 is 0 Å². The lowest BCUT2D eigenvalue weighted by Crippen LogP contribution is -2.44. The number of amides is 2. The SMILES string of the molecule is O=C(CCCNC(=O)[C@H]1COc2ccccc2O1)Nc1ccccn1. The highest BCUT2D eigenvalue weighted by Gasteiger charge is 2.26. The quantitative estimate of drug-likeness (QED) is 0.782. The van der Waals surface area contributed by atoms with Crippen molar-refractivity contribution in [3.8, 4) is 11.5 Å². The van der Waals surface area contributed by atoms with Crippen LogP contribution in [0.2, 0.25) is 0 Å². The van der Waals surface area contributed by atoms with Gasteiger partial charge in [0.15, 0.2) is 11.5 Å². The molecule has 2 N–H and O–H groups in total. The van der Waals surface area contributed by atoms with Gasteiger partial charge in [0.05, 0.1) is 0 Å². The summed E-state index contributed by atoms with van der Waals surface area (Å²) in [5.41, 5.74) is 0. The van der Waals surface area contributed by atoms with Crippen molar-refractivity contribution in [1.82, 2.24) is 10.3 Å². The summed E-state index contributed by atoms with van der Waals surface area (Å²) in [6.07, 6.45) is 1.74. The first-order valence-corrected chi connectivity index (χ1v) is 8.09. The third-order valence-corrected chi connectivity index (χ3v) is 3.61. The number of aromatic nitrogens is 1. The van der Waals surface area contributed by atoms with E-state index < -0.39 is 6.10 Å². The van der Waals surface area contributed by atoms with E-state index in [-0.39, 0.29) is 18.4 Å². The zero-order valence-corrected chi connectivity index (χ0v) is 13.6. The minimum Gasteiger partial charge on any atom is -0.485 e. The van der Waals surface area contributed by atoms with Gasteiger partial charge in [-0.1, -0.05) is 18.2 Å². The van der Waals surface area contributed by atoms with E-state index >= 15 is 0 Å². The molecule has 1 aliphatic heterocycles. The number of hydrogen-bond acceptors (Lipinski definition) is 5. The number of ether oxygens (including phenoxy) is 2.